The number of nitrogens with one attached hydrogen (secondary N) is 4. The number of carbonyl (C=O) groups excluding carboxylic acids is 4. The molecule has 3 aromatic carbocycles. The average molecular weight is 599 g/mol. The van der Waals surface area contributed by atoms with Crippen molar-refractivity contribution in [2.24, 2.45) is 5.41 Å². The third-order valence-corrected chi connectivity index (χ3v) is 7.72. The Balaban J connectivity index is 1.30. The van der Waals surface area contributed by atoms with Crippen LogP contribution in [0.5, 0.6) is 0 Å². The van der Waals surface area contributed by atoms with Gasteiger partial charge in [-0.3, -0.25) is 9.59 Å². The number of amides is 4. The predicted molar refractivity (Wildman–Crippen MR) is 172 cm³/mol. The molecule has 0 aliphatic heterocycles. The summed E-state index contributed by atoms with van der Waals surface area (Å²) in [5.74, 6) is -0.831. The maximum Gasteiger partial charge on any atom is 0.338 e. The Morgan fingerprint density at radius 2 is 1.41 bits per heavy atom. The van der Waals surface area contributed by atoms with Gasteiger partial charge in [-0.2, -0.15) is 0 Å². The number of esters is 1. The number of carbonyl (C=O) groups is 4. The number of benzene rings is 3. The predicted octanol–water partition coefficient (Wildman–Crippen LogP) is 6.59. The lowest BCUT2D eigenvalue weighted by atomic mass is 9.73. The molecule has 44 heavy (non-hydrogen) atoms. The van der Waals surface area contributed by atoms with Crippen molar-refractivity contribution in [2.75, 3.05) is 17.2 Å². The number of aryl methyl sites for hydroxylation is 1. The van der Waals surface area contributed by atoms with Crippen molar-refractivity contribution in [1.29, 1.82) is 0 Å². The highest BCUT2D eigenvalue weighted by molar-refractivity contribution is 6.00. The standard InChI is InChI=1S/C35H42N4O5/c1-24-10-6-7-11-29(24)39-33(43)38-28-18-12-25(13-19-28)22-36-32(42)35(20-8-5-9-21-35)23-37-30(40)26-14-16-27(17-15-26)31(41)44-34(2,3)4/h6-7,10-19H,5,8-9,20-23H2,1-4H3,(H,36,42)(H,37,40)(H2,38,39,43). The lowest BCUT2D eigenvalue weighted by Crippen LogP contribution is -2.49. The van der Waals surface area contributed by atoms with Gasteiger partial charge in [0.15, 0.2) is 0 Å². The number of urea groups is 1. The van der Waals surface area contributed by atoms with E-state index in [9.17, 15) is 19.2 Å². The van der Waals surface area contributed by atoms with Gasteiger partial charge in [0.1, 0.15) is 5.60 Å². The van der Waals surface area contributed by atoms with Crippen LogP contribution in [0.4, 0.5) is 16.2 Å². The quantitative estimate of drug-likeness (QED) is 0.207. The lowest BCUT2D eigenvalue weighted by molar-refractivity contribution is -0.132. The molecule has 0 radical (unpaired) electrons. The van der Waals surface area contributed by atoms with Crippen molar-refractivity contribution in [1.82, 2.24) is 10.6 Å². The van der Waals surface area contributed by atoms with E-state index in [4.69, 9.17) is 4.74 Å². The summed E-state index contributed by atoms with van der Waals surface area (Å²) >= 11 is 0. The third kappa shape index (κ3) is 8.92. The molecule has 3 aromatic rings. The molecule has 4 amide bonds. The molecule has 1 fully saturated rings. The van der Waals surface area contributed by atoms with Crippen molar-refractivity contribution < 1.29 is 23.9 Å². The van der Waals surface area contributed by atoms with E-state index in [1.807, 2.05) is 43.3 Å². The first-order chi connectivity index (χ1) is 20.9. The number of ether oxygens (including phenoxy) is 1. The zero-order valence-corrected chi connectivity index (χ0v) is 25.9. The zero-order chi connectivity index (χ0) is 31.7. The van der Waals surface area contributed by atoms with E-state index < -0.39 is 17.0 Å². The maximum absolute atomic E-state index is 13.5. The fourth-order valence-electron chi connectivity index (χ4n) is 5.23. The summed E-state index contributed by atoms with van der Waals surface area (Å²) in [6.07, 6.45) is 4.27. The number of hydrogen-bond donors (Lipinski definition) is 4. The van der Waals surface area contributed by atoms with Crippen LogP contribution >= 0.6 is 0 Å². The van der Waals surface area contributed by atoms with E-state index in [-0.39, 0.29) is 24.4 Å². The smallest absolute Gasteiger partial charge is 0.338 e. The average Bonchev–Trinajstić information content (AvgIpc) is 3.00. The molecule has 1 aliphatic rings. The summed E-state index contributed by atoms with van der Waals surface area (Å²) in [5.41, 5.74) is 2.72. The molecule has 0 heterocycles. The summed E-state index contributed by atoms with van der Waals surface area (Å²) in [6.45, 7) is 7.88. The molecule has 1 aliphatic carbocycles. The molecule has 4 rings (SSSR count). The minimum Gasteiger partial charge on any atom is -0.456 e. The second-order valence-corrected chi connectivity index (χ2v) is 12.4. The minimum atomic E-state index is -0.695. The van der Waals surface area contributed by atoms with Gasteiger partial charge < -0.3 is 26.0 Å². The third-order valence-electron chi connectivity index (χ3n) is 7.72. The van der Waals surface area contributed by atoms with E-state index in [0.29, 0.717) is 36.2 Å². The van der Waals surface area contributed by atoms with Crippen LogP contribution in [0.3, 0.4) is 0 Å². The van der Waals surface area contributed by atoms with Crippen LogP contribution in [0.15, 0.2) is 72.8 Å². The van der Waals surface area contributed by atoms with Crippen molar-refractivity contribution in [3.05, 3.63) is 95.1 Å². The lowest BCUT2D eigenvalue weighted by Gasteiger charge is -2.36. The van der Waals surface area contributed by atoms with E-state index in [2.05, 4.69) is 21.3 Å². The monoisotopic (exact) mass is 598 g/mol. The Morgan fingerprint density at radius 3 is 2.05 bits per heavy atom. The Hall–Kier alpha value is -4.66. The number of hydrogen-bond acceptors (Lipinski definition) is 5. The van der Waals surface area contributed by atoms with Gasteiger partial charge in [-0.1, -0.05) is 49.6 Å². The van der Waals surface area contributed by atoms with E-state index >= 15 is 0 Å². The topological polar surface area (TPSA) is 126 Å². The van der Waals surface area contributed by atoms with Crippen molar-refractivity contribution in [2.45, 2.75) is 71.9 Å². The molecule has 9 nitrogen and oxygen atoms in total. The van der Waals surface area contributed by atoms with Gasteiger partial charge in [-0.05, 0) is 94.1 Å². The van der Waals surface area contributed by atoms with Crippen molar-refractivity contribution >= 4 is 35.2 Å². The van der Waals surface area contributed by atoms with Crippen LogP contribution in [0, 0.1) is 12.3 Å². The van der Waals surface area contributed by atoms with Crippen LogP contribution in [-0.2, 0) is 16.1 Å². The summed E-state index contributed by atoms with van der Waals surface area (Å²) < 4.78 is 5.39. The molecular formula is C35H42N4O5. The Bertz CT molecular complexity index is 1470. The van der Waals surface area contributed by atoms with Crippen molar-refractivity contribution in [3.8, 4) is 0 Å². The van der Waals surface area contributed by atoms with Crippen LogP contribution in [-0.4, -0.2) is 36.0 Å². The minimum absolute atomic E-state index is 0.0856. The number of para-hydroxylation sites is 1. The number of anilines is 2. The van der Waals surface area contributed by atoms with Gasteiger partial charge in [0.05, 0.1) is 11.0 Å². The van der Waals surface area contributed by atoms with Crippen LogP contribution in [0.1, 0.15) is 84.7 Å². The first-order valence-electron chi connectivity index (χ1n) is 15.1. The molecule has 0 spiro atoms. The second-order valence-electron chi connectivity index (χ2n) is 12.4. The summed E-state index contributed by atoms with van der Waals surface area (Å²) in [6, 6.07) is 20.9. The fraction of sp³-hybridized carbons (Fsp3) is 0.371. The molecular weight excluding hydrogens is 556 g/mol. The van der Waals surface area contributed by atoms with Gasteiger partial charge in [0.2, 0.25) is 5.91 Å². The molecule has 0 aromatic heterocycles. The van der Waals surface area contributed by atoms with Crippen LogP contribution in [0.25, 0.3) is 0 Å². The van der Waals surface area contributed by atoms with E-state index in [0.717, 1.165) is 36.1 Å². The van der Waals surface area contributed by atoms with E-state index in [1.54, 1.807) is 57.2 Å². The fourth-order valence-corrected chi connectivity index (χ4v) is 5.23. The van der Waals surface area contributed by atoms with Gasteiger partial charge >= 0.3 is 12.0 Å². The molecule has 0 bridgehead atoms. The highest BCUT2D eigenvalue weighted by Crippen LogP contribution is 2.36. The van der Waals surface area contributed by atoms with Gasteiger partial charge in [-0.25, -0.2) is 9.59 Å². The largest absolute Gasteiger partial charge is 0.456 e. The normalized spacial score (nSPS) is 14.2. The Morgan fingerprint density at radius 1 is 0.773 bits per heavy atom. The highest BCUT2D eigenvalue weighted by atomic mass is 16.6. The second kappa shape index (κ2) is 14.2. The first-order valence-corrected chi connectivity index (χ1v) is 15.1. The van der Waals surface area contributed by atoms with Crippen LogP contribution in [0.2, 0.25) is 0 Å². The maximum atomic E-state index is 13.5. The number of rotatable bonds is 9. The molecule has 4 N–H and O–H groups in total. The van der Waals surface area contributed by atoms with Crippen LogP contribution < -0.4 is 21.3 Å². The van der Waals surface area contributed by atoms with Crippen molar-refractivity contribution in [3.63, 3.8) is 0 Å². The van der Waals surface area contributed by atoms with E-state index in [1.165, 1.54) is 0 Å². The molecule has 0 saturated heterocycles. The first kappa shape index (κ1) is 32.3. The van der Waals surface area contributed by atoms with Gasteiger partial charge in [-0.15, -0.1) is 0 Å². The highest BCUT2D eigenvalue weighted by Gasteiger charge is 2.39. The zero-order valence-electron chi connectivity index (χ0n) is 25.9. The summed E-state index contributed by atoms with van der Waals surface area (Å²) in [5, 5.41) is 11.7. The molecule has 9 heteroatoms. The summed E-state index contributed by atoms with van der Waals surface area (Å²) in [7, 11) is 0. The Labute approximate surface area is 259 Å². The molecule has 0 atom stereocenters. The molecule has 232 valence electrons. The van der Waals surface area contributed by atoms with Gasteiger partial charge in [0, 0.05) is 30.0 Å². The Kier molecular flexibility index (Phi) is 10.4. The molecule has 0 unspecified atom stereocenters. The summed E-state index contributed by atoms with van der Waals surface area (Å²) in [4.78, 5) is 51.2. The SMILES string of the molecule is Cc1ccccc1NC(=O)Nc1ccc(CNC(=O)C2(CNC(=O)c3ccc(C(=O)OC(C)(C)C)cc3)CCCCC2)cc1. The van der Waals surface area contributed by atoms with Gasteiger partial charge in [0.25, 0.3) is 5.91 Å². The molecule has 1 saturated carbocycles.